The van der Waals surface area contributed by atoms with Gasteiger partial charge in [-0.2, -0.15) is 0 Å². The molecule has 0 saturated carbocycles. The third-order valence-electron chi connectivity index (χ3n) is 3.51. The Morgan fingerprint density at radius 3 is 2.30 bits per heavy atom. The standard InChI is InChI=1S/C15H22N2O3/c1-15(2,17(3)4)9-13(14(16)19)20-12-7-5-11(10-18)6-8-12/h5-8,10,13H,9H2,1-4H3,(H2,16,19). The van der Waals surface area contributed by atoms with Crippen LogP contribution in [-0.4, -0.2) is 42.8 Å². The van der Waals surface area contributed by atoms with Crippen molar-refractivity contribution in [1.29, 1.82) is 0 Å². The van der Waals surface area contributed by atoms with Gasteiger partial charge in [-0.15, -0.1) is 0 Å². The number of benzene rings is 1. The fourth-order valence-corrected chi connectivity index (χ4v) is 1.63. The molecule has 0 bridgehead atoms. The van der Waals surface area contributed by atoms with Crippen LogP contribution in [0.4, 0.5) is 0 Å². The number of hydrogen-bond acceptors (Lipinski definition) is 4. The Balaban J connectivity index is 2.81. The van der Waals surface area contributed by atoms with E-state index in [0.717, 1.165) is 6.29 Å². The first-order valence-electron chi connectivity index (χ1n) is 6.45. The molecule has 0 spiro atoms. The van der Waals surface area contributed by atoms with Gasteiger partial charge in [0.25, 0.3) is 5.91 Å². The van der Waals surface area contributed by atoms with Crippen LogP contribution < -0.4 is 10.5 Å². The van der Waals surface area contributed by atoms with Crippen LogP contribution in [0.25, 0.3) is 0 Å². The SMILES string of the molecule is CN(C)C(C)(C)CC(Oc1ccc(C=O)cc1)C(N)=O. The molecule has 2 N–H and O–H groups in total. The summed E-state index contributed by atoms with van der Waals surface area (Å²) >= 11 is 0. The highest BCUT2D eigenvalue weighted by atomic mass is 16.5. The van der Waals surface area contributed by atoms with E-state index in [1.54, 1.807) is 24.3 Å². The van der Waals surface area contributed by atoms with Crippen LogP contribution in [0, 0.1) is 0 Å². The molecule has 0 radical (unpaired) electrons. The summed E-state index contributed by atoms with van der Waals surface area (Å²) in [6.45, 7) is 4.03. The summed E-state index contributed by atoms with van der Waals surface area (Å²) in [5.74, 6) is 0.0216. The summed E-state index contributed by atoms with van der Waals surface area (Å²) in [4.78, 5) is 24.2. The van der Waals surface area contributed by atoms with E-state index in [1.165, 1.54) is 0 Å². The quantitative estimate of drug-likeness (QED) is 0.766. The zero-order chi connectivity index (χ0) is 15.3. The summed E-state index contributed by atoms with van der Waals surface area (Å²) in [6, 6.07) is 6.58. The molecule has 20 heavy (non-hydrogen) atoms. The number of nitrogens with zero attached hydrogens (tertiary/aromatic N) is 1. The van der Waals surface area contributed by atoms with E-state index in [1.807, 2.05) is 32.8 Å². The van der Waals surface area contributed by atoms with Crippen LogP contribution in [-0.2, 0) is 4.79 Å². The molecule has 1 amide bonds. The second-order valence-corrected chi connectivity index (χ2v) is 5.61. The molecule has 5 nitrogen and oxygen atoms in total. The van der Waals surface area contributed by atoms with Crippen LogP contribution in [0.2, 0.25) is 0 Å². The molecule has 0 heterocycles. The van der Waals surface area contributed by atoms with Crippen molar-refractivity contribution in [3.05, 3.63) is 29.8 Å². The van der Waals surface area contributed by atoms with Crippen LogP contribution >= 0.6 is 0 Å². The Labute approximate surface area is 119 Å². The number of carbonyl (C=O) groups is 2. The monoisotopic (exact) mass is 278 g/mol. The first kappa shape index (κ1) is 16.2. The van der Waals surface area contributed by atoms with E-state index in [0.29, 0.717) is 17.7 Å². The van der Waals surface area contributed by atoms with Crippen LogP contribution in [0.3, 0.4) is 0 Å². The second kappa shape index (κ2) is 6.52. The van der Waals surface area contributed by atoms with E-state index < -0.39 is 12.0 Å². The van der Waals surface area contributed by atoms with E-state index in [9.17, 15) is 9.59 Å². The first-order chi connectivity index (χ1) is 9.26. The highest BCUT2D eigenvalue weighted by Crippen LogP contribution is 2.21. The smallest absolute Gasteiger partial charge is 0.258 e. The lowest BCUT2D eigenvalue weighted by atomic mass is 9.95. The van der Waals surface area contributed by atoms with Gasteiger partial charge in [-0.3, -0.25) is 9.59 Å². The molecule has 0 aliphatic carbocycles. The van der Waals surface area contributed by atoms with Gasteiger partial charge < -0.3 is 15.4 Å². The van der Waals surface area contributed by atoms with Gasteiger partial charge in [0.05, 0.1) is 0 Å². The molecule has 0 aromatic heterocycles. The molecule has 0 saturated heterocycles. The Kier molecular flexibility index (Phi) is 5.27. The Morgan fingerprint density at radius 2 is 1.90 bits per heavy atom. The molecular formula is C15H22N2O3. The van der Waals surface area contributed by atoms with Crippen molar-refractivity contribution in [2.75, 3.05) is 14.1 Å². The lowest BCUT2D eigenvalue weighted by Gasteiger charge is -2.34. The molecule has 0 aliphatic heterocycles. The minimum Gasteiger partial charge on any atom is -0.481 e. The van der Waals surface area contributed by atoms with Crippen LogP contribution in [0.5, 0.6) is 5.75 Å². The summed E-state index contributed by atoms with van der Waals surface area (Å²) in [6.07, 6.45) is 0.518. The summed E-state index contributed by atoms with van der Waals surface area (Å²) in [7, 11) is 3.88. The number of primary amides is 1. The van der Waals surface area contributed by atoms with Gasteiger partial charge >= 0.3 is 0 Å². The molecule has 0 fully saturated rings. The highest BCUT2D eigenvalue weighted by Gasteiger charge is 2.29. The number of rotatable bonds is 7. The van der Waals surface area contributed by atoms with E-state index in [-0.39, 0.29) is 5.54 Å². The molecular weight excluding hydrogens is 256 g/mol. The van der Waals surface area contributed by atoms with Gasteiger partial charge in [-0.05, 0) is 52.2 Å². The fraction of sp³-hybridized carbons (Fsp3) is 0.467. The normalized spacial score (nSPS) is 13.1. The molecule has 1 aromatic carbocycles. The predicted molar refractivity (Wildman–Crippen MR) is 77.8 cm³/mol. The zero-order valence-corrected chi connectivity index (χ0v) is 12.4. The van der Waals surface area contributed by atoms with Gasteiger partial charge in [0, 0.05) is 17.5 Å². The minimum absolute atomic E-state index is 0.220. The minimum atomic E-state index is -0.713. The van der Waals surface area contributed by atoms with Gasteiger partial charge in [-0.1, -0.05) is 0 Å². The zero-order valence-electron chi connectivity index (χ0n) is 12.4. The first-order valence-corrected chi connectivity index (χ1v) is 6.45. The maximum atomic E-state index is 11.5. The fourth-order valence-electron chi connectivity index (χ4n) is 1.63. The van der Waals surface area contributed by atoms with Crippen molar-refractivity contribution in [3.8, 4) is 5.75 Å². The molecule has 1 unspecified atom stereocenters. The largest absolute Gasteiger partial charge is 0.481 e. The molecule has 110 valence electrons. The number of nitrogens with two attached hydrogens (primary N) is 1. The summed E-state index contributed by atoms with van der Waals surface area (Å²) < 4.78 is 5.64. The topological polar surface area (TPSA) is 72.6 Å². The second-order valence-electron chi connectivity index (χ2n) is 5.61. The van der Waals surface area contributed by atoms with Gasteiger partial charge in [0.2, 0.25) is 0 Å². The number of amides is 1. The maximum absolute atomic E-state index is 11.5. The highest BCUT2D eigenvalue weighted by molar-refractivity contribution is 5.79. The Morgan fingerprint density at radius 1 is 1.35 bits per heavy atom. The van der Waals surface area contributed by atoms with E-state index in [2.05, 4.69) is 0 Å². The molecule has 1 atom stereocenters. The van der Waals surface area contributed by atoms with Crippen molar-refractivity contribution in [1.82, 2.24) is 4.90 Å². The van der Waals surface area contributed by atoms with Crippen LogP contribution in [0.1, 0.15) is 30.6 Å². The van der Waals surface area contributed by atoms with E-state index >= 15 is 0 Å². The Bertz CT molecular complexity index is 467. The Hall–Kier alpha value is -1.88. The van der Waals surface area contributed by atoms with Gasteiger partial charge in [0.1, 0.15) is 12.0 Å². The average molecular weight is 278 g/mol. The van der Waals surface area contributed by atoms with E-state index in [4.69, 9.17) is 10.5 Å². The third kappa shape index (κ3) is 4.35. The number of carbonyl (C=O) groups excluding carboxylic acids is 2. The van der Waals surface area contributed by atoms with Crippen molar-refractivity contribution in [2.45, 2.75) is 31.9 Å². The molecule has 0 aliphatic rings. The third-order valence-corrected chi connectivity index (χ3v) is 3.51. The predicted octanol–water partition coefficient (Wildman–Crippen LogP) is 1.46. The van der Waals surface area contributed by atoms with Crippen molar-refractivity contribution >= 4 is 12.2 Å². The van der Waals surface area contributed by atoms with Crippen LogP contribution in [0.15, 0.2) is 24.3 Å². The van der Waals surface area contributed by atoms with Crippen molar-refractivity contribution in [2.24, 2.45) is 5.73 Å². The summed E-state index contributed by atoms with van der Waals surface area (Å²) in [5.41, 5.74) is 5.75. The molecule has 1 rings (SSSR count). The lowest BCUT2D eigenvalue weighted by molar-refractivity contribution is -0.126. The number of aldehydes is 1. The van der Waals surface area contributed by atoms with Crippen molar-refractivity contribution in [3.63, 3.8) is 0 Å². The van der Waals surface area contributed by atoms with Gasteiger partial charge in [0.15, 0.2) is 6.10 Å². The number of hydrogen-bond donors (Lipinski definition) is 1. The lowest BCUT2D eigenvalue weighted by Crippen LogP contribution is -2.46. The summed E-state index contributed by atoms with van der Waals surface area (Å²) in [5, 5.41) is 0. The van der Waals surface area contributed by atoms with Crippen molar-refractivity contribution < 1.29 is 14.3 Å². The maximum Gasteiger partial charge on any atom is 0.258 e. The van der Waals surface area contributed by atoms with Gasteiger partial charge in [-0.25, -0.2) is 0 Å². The average Bonchev–Trinajstić information content (AvgIpc) is 2.38. The molecule has 5 heteroatoms. The molecule has 1 aromatic rings. The number of ether oxygens (including phenoxy) is 1.